The molecule has 0 saturated carbocycles. The molecule has 5 aromatic rings. The van der Waals surface area contributed by atoms with E-state index in [1.807, 2.05) is 83.4 Å². The van der Waals surface area contributed by atoms with E-state index in [1.54, 1.807) is 6.21 Å². The van der Waals surface area contributed by atoms with Crippen molar-refractivity contribution in [1.82, 2.24) is 20.2 Å². The van der Waals surface area contributed by atoms with Crippen molar-refractivity contribution >= 4 is 40.3 Å². The Balaban J connectivity index is 1.26. The molecule has 0 fully saturated rings. The Morgan fingerprint density at radius 2 is 1.68 bits per heavy atom. The van der Waals surface area contributed by atoms with Crippen LogP contribution in [-0.2, 0) is 11.3 Å². The van der Waals surface area contributed by atoms with Gasteiger partial charge in [-0.1, -0.05) is 90.6 Å². The first kappa shape index (κ1) is 24.3. The molecule has 1 amide bonds. The van der Waals surface area contributed by atoms with Crippen LogP contribution in [0.1, 0.15) is 17.0 Å². The first-order valence-electron chi connectivity index (χ1n) is 11.9. The minimum Gasteiger partial charge on any atom is -0.378 e. The van der Waals surface area contributed by atoms with E-state index in [4.69, 9.17) is 0 Å². The highest BCUT2D eigenvalue weighted by molar-refractivity contribution is 7.99. The lowest BCUT2D eigenvalue weighted by Crippen LogP contribution is -2.20. The summed E-state index contributed by atoms with van der Waals surface area (Å²) in [5.41, 5.74) is 6.71. The van der Waals surface area contributed by atoms with Crippen LogP contribution in [0.3, 0.4) is 0 Å². The number of para-hydroxylation sites is 2. The number of nitrogens with one attached hydrogen (secondary N) is 2. The summed E-state index contributed by atoms with van der Waals surface area (Å²) in [6.45, 7) is 2.56. The average Bonchev–Trinajstić information content (AvgIpc) is 3.35. The van der Waals surface area contributed by atoms with Crippen LogP contribution < -0.4 is 10.7 Å². The largest absolute Gasteiger partial charge is 0.378 e. The van der Waals surface area contributed by atoms with Gasteiger partial charge in [0, 0.05) is 16.9 Å². The third-order valence-electron chi connectivity index (χ3n) is 5.85. The second kappa shape index (κ2) is 11.5. The molecule has 0 radical (unpaired) electrons. The molecule has 0 aliphatic heterocycles. The highest BCUT2D eigenvalue weighted by Gasteiger charge is 2.16. The molecule has 0 spiro atoms. The first-order chi connectivity index (χ1) is 18.2. The molecule has 0 saturated heterocycles. The van der Waals surface area contributed by atoms with E-state index in [0.29, 0.717) is 11.7 Å². The zero-order valence-corrected chi connectivity index (χ0v) is 21.2. The quantitative estimate of drug-likeness (QED) is 0.155. The number of rotatable bonds is 9. The van der Waals surface area contributed by atoms with Gasteiger partial charge in [0.25, 0.3) is 5.91 Å². The molecule has 184 valence electrons. The topological polar surface area (TPSA) is 84.2 Å². The Labute approximate surface area is 219 Å². The third kappa shape index (κ3) is 5.87. The maximum absolute atomic E-state index is 12.6. The van der Waals surface area contributed by atoms with Gasteiger partial charge in [-0.2, -0.15) is 5.10 Å². The Bertz CT molecular complexity index is 1540. The summed E-state index contributed by atoms with van der Waals surface area (Å²) in [6, 6.07) is 32.1. The number of hydrogen-bond donors (Lipinski definition) is 2. The zero-order valence-electron chi connectivity index (χ0n) is 20.3. The molecule has 2 N–H and O–H groups in total. The zero-order chi connectivity index (χ0) is 25.5. The molecular formula is C29H26N6OS. The molecule has 4 aromatic carbocycles. The fraction of sp³-hybridized carbons (Fsp3) is 0.103. The van der Waals surface area contributed by atoms with Crippen molar-refractivity contribution in [3.8, 4) is 5.69 Å². The van der Waals surface area contributed by atoms with Gasteiger partial charge < -0.3 is 5.32 Å². The van der Waals surface area contributed by atoms with Gasteiger partial charge in [-0.05, 0) is 41.5 Å². The van der Waals surface area contributed by atoms with Crippen molar-refractivity contribution in [1.29, 1.82) is 0 Å². The Morgan fingerprint density at radius 1 is 0.919 bits per heavy atom. The number of aryl methyl sites for hydroxylation is 1. The summed E-state index contributed by atoms with van der Waals surface area (Å²) in [7, 11) is 0. The van der Waals surface area contributed by atoms with Gasteiger partial charge in [0.05, 0.1) is 18.5 Å². The number of aromatic nitrogens is 3. The number of anilines is 1. The maximum Gasteiger partial charge on any atom is 0.250 e. The lowest BCUT2D eigenvalue weighted by Gasteiger charge is -2.12. The predicted molar refractivity (Wildman–Crippen MR) is 150 cm³/mol. The van der Waals surface area contributed by atoms with Crippen LogP contribution in [0.4, 0.5) is 5.69 Å². The predicted octanol–water partition coefficient (Wildman–Crippen LogP) is 5.58. The number of thioether (sulfide) groups is 1. The summed E-state index contributed by atoms with van der Waals surface area (Å²) in [5.74, 6) is 0.693. The van der Waals surface area contributed by atoms with Crippen molar-refractivity contribution in [2.75, 3.05) is 11.1 Å². The highest BCUT2D eigenvalue weighted by atomic mass is 32.2. The number of hydrazone groups is 1. The van der Waals surface area contributed by atoms with E-state index in [1.165, 1.54) is 11.8 Å². The van der Waals surface area contributed by atoms with Crippen molar-refractivity contribution in [2.45, 2.75) is 18.6 Å². The second-order valence-corrected chi connectivity index (χ2v) is 9.33. The van der Waals surface area contributed by atoms with Crippen molar-refractivity contribution in [3.05, 3.63) is 114 Å². The molecule has 1 heterocycles. The van der Waals surface area contributed by atoms with Gasteiger partial charge in [-0.15, -0.1) is 10.2 Å². The van der Waals surface area contributed by atoms with Gasteiger partial charge >= 0.3 is 0 Å². The lowest BCUT2D eigenvalue weighted by molar-refractivity contribution is -0.118. The molecule has 0 aliphatic carbocycles. The van der Waals surface area contributed by atoms with Crippen LogP contribution in [0.2, 0.25) is 0 Å². The summed E-state index contributed by atoms with van der Waals surface area (Å²) in [4.78, 5) is 12.6. The van der Waals surface area contributed by atoms with Crippen LogP contribution in [0.25, 0.3) is 16.5 Å². The van der Waals surface area contributed by atoms with E-state index in [2.05, 4.69) is 51.2 Å². The van der Waals surface area contributed by atoms with Gasteiger partial charge in [0.2, 0.25) is 0 Å². The van der Waals surface area contributed by atoms with Crippen molar-refractivity contribution < 1.29 is 4.79 Å². The van der Waals surface area contributed by atoms with E-state index >= 15 is 0 Å². The standard InChI is InChI=1S/C29H26N6OS/c1-21-10-5-8-17-26(21)30-19-27-32-34-29(35(27)24-14-3-2-4-15-24)37-20-28(36)33-31-18-23-13-9-12-22-11-6-7-16-25(22)23/h2-18,30H,19-20H2,1H3,(H,33,36)/b31-18-. The minimum atomic E-state index is -0.219. The molecule has 0 bridgehead atoms. The van der Waals surface area contributed by atoms with Crippen LogP contribution >= 0.6 is 11.8 Å². The lowest BCUT2D eigenvalue weighted by atomic mass is 10.1. The van der Waals surface area contributed by atoms with E-state index in [-0.39, 0.29) is 11.7 Å². The number of carbonyl (C=O) groups excluding carboxylic acids is 1. The third-order valence-corrected chi connectivity index (χ3v) is 6.77. The highest BCUT2D eigenvalue weighted by Crippen LogP contribution is 2.23. The Morgan fingerprint density at radius 3 is 2.54 bits per heavy atom. The number of carbonyl (C=O) groups is 1. The second-order valence-electron chi connectivity index (χ2n) is 8.39. The number of amides is 1. The molecule has 0 atom stereocenters. The fourth-order valence-electron chi connectivity index (χ4n) is 3.99. The smallest absolute Gasteiger partial charge is 0.250 e. The summed E-state index contributed by atoms with van der Waals surface area (Å²) < 4.78 is 1.97. The van der Waals surface area contributed by atoms with Gasteiger partial charge in [0.1, 0.15) is 0 Å². The van der Waals surface area contributed by atoms with E-state index in [9.17, 15) is 4.79 Å². The molecule has 1 aromatic heterocycles. The molecule has 0 aliphatic rings. The maximum atomic E-state index is 12.6. The Kier molecular flexibility index (Phi) is 7.57. The van der Waals surface area contributed by atoms with Gasteiger partial charge in [0.15, 0.2) is 11.0 Å². The number of hydrogen-bond acceptors (Lipinski definition) is 6. The monoisotopic (exact) mass is 506 g/mol. The van der Waals surface area contributed by atoms with E-state index < -0.39 is 0 Å². The van der Waals surface area contributed by atoms with Crippen LogP contribution in [0.5, 0.6) is 0 Å². The normalized spacial score (nSPS) is 11.2. The van der Waals surface area contributed by atoms with Crippen LogP contribution in [-0.4, -0.2) is 32.6 Å². The van der Waals surface area contributed by atoms with Gasteiger partial charge in [-0.3, -0.25) is 9.36 Å². The SMILES string of the molecule is Cc1ccccc1NCc1nnc(SCC(=O)N/N=C\c2cccc3ccccc23)n1-c1ccccc1. The summed E-state index contributed by atoms with van der Waals surface area (Å²) in [6.07, 6.45) is 1.67. The van der Waals surface area contributed by atoms with Crippen molar-refractivity contribution in [3.63, 3.8) is 0 Å². The number of benzene rings is 4. The Hall–Kier alpha value is -4.43. The molecule has 37 heavy (non-hydrogen) atoms. The number of nitrogens with zero attached hydrogens (tertiary/aromatic N) is 4. The van der Waals surface area contributed by atoms with Crippen molar-refractivity contribution in [2.24, 2.45) is 5.10 Å². The number of fused-ring (bicyclic) bond motifs is 1. The van der Waals surface area contributed by atoms with Gasteiger partial charge in [-0.25, -0.2) is 5.43 Å². The molecule has 8 heteroatoms. The first-order valence-corrected chi connectivity index (χ1v) is 12.9. The van der Waals surface area contributed by atoms with Crippen LogP contribution in [0, 0.1) is 6.92 Å². The average molecular weight is 507 g/mol. The van der Waals surface area contributed by atoms with E-state index in [0.717, 1.165) is 39.1 Å². The molecule has 5 rings (SSSR count). The fourth-order valence-corrected chi connectivity index (χ4v) is 4.75. The van der Waals surface area contributed by atoms with Crippen LogP contribution in [0.15, 0.2) is 107 Å². The molecule has 7 nitrogen and oxygen atoms in total. The molecule has 0 unspecified atom stereocenters. The minimum absolute atomic E-state index is 0.156. The molecular weight excluding hydrogens is 480 g/mol. The summed E-state index contributed by atoms with van der Waals surface area (Å²) >= 11 is 1.32. The summed E-state index contributed by atoms with van der Waals surface area (Å²) in [5, 5.41) is 19.3.